The monoisotopic (exact) mass is 565 g/mol. The van der Waals surface area contributed by atoms with E-state index in [4.69, 9.17) is 20.6 Å². The van der Waals surface area contributed by atoms with Gasteiger partial charge < -0.3 is 30.3 Å². The average Bonchev–Trinajstić information content (AvgIpc) is 2.93. The third-order valence-electron chi connectivity index (χ3n) is 6.38. The quantitative estimate of drug-likeness (QED) is 0.166. The van der Waals surface area contributed by atoms with E-state index in [1.807, 2.05) is 30.3 Å². The summed E-state index contributed by atoms with van der Waals surface area (Å²) in [5, 5.41) is 10.0. The molecule has 0 aliphatic carbocycles. The normalized spacial score (nSPS) is 15.2. The molecule has 4 N–H and O–H groups in total. The molecule has 218 valence electrons. The molecular formula is C29H35N5O7. The minimum absolute atomic E-state index is 0.0766. The molecule has 3 amide bonds. The molecule has 41 heavy (non-hydrogen) atoms. The number of benzene rings is 2. The molecule has 0 saturated carbocycles. The number of hydrogen-bond acceptors (Lipinski definition) is 8. The standard InChI is InChI=1S/C29H35N5O7/c1-29(2,3)28(39)41-18-40-24(36)17-33-13-14-34(22(27(33)38)15-19-7-5-4-6-8-19)23(35)16-32-26(37)21-11-9-20(10-12-21)25(30)31/h4-12,22H,13-18H2,1-3H3,(H3,30,31)(H,32,37). The van der Waals surface area contributed by atoms with Crippen LogP contribution in [0.2, 0.25) is 0 Å². The van der Waals surface area contributed by atoms with E-state index in [1.165, 1.54) is 34.1 Å². The van der Waals surface area contributed by atoms with Crippen LogP contribution in [0.25, 0.3) is 0 Å². The lowest BCUT2D eigenvalue weighted by molar-refractivity contribution is -0.175. The first-order chi connectivity index (χ1) is 19.4. The minimum atomic E-state index is -0.906. The summed E-state index contributed by atoms with van der Waals surface area (Å²) < 4.78 is 9.94. The molecule has 1 aliphatic heterocycles. The molecule has 12 nitrogen and oxygen atoms in total. The number of amides is 3. The SMILES string of the molecule is CC(C)(C)C(=O)OCOC(=O)CN1CCN(C(=O)CNC(=O)c2ccc(C(=N)N)cc2)C(Cc2ccccc2)C1=O. The van der Waals surface area contributed by atoms with Gasteiger partial charge in [-0.15, -0.1) is 0 Å². The van der Waals surface area contributed by atoms with Gasteiger partial charge in [0.1, 0.15) is 18.4 Å². The Kier molecular flexibility index (Phi) is 10.2. The largest absolute Gasteiger partial charge is 0.427 e. The van der Waals surface area contributed by atoms with Crippen LogP contribution < -0.4 is 11.1 Å². The maximum absolute atomic E-state index is 13.5. The molecule has 1 aliphatic rings. The Bertz CT molecular complexity index is 1290. The molecule has 0 aromatic heterocycles. The summed E-state index contributed by atoms with van der Waals surface area (Å²) in [7, 11) is 0. The van der Waals surface area contributed by atoms with Gasteiger partial charge in [0.15, 0.2) is 0 Å². The molecule has 0 bridgehead atoms. The van der Waals surface area contributed by atoms with Gasteiger partial charge in [0.2, 0.25) is 18.6 Å². The lowest BCUT2D eigenvalue weighted by Gasteiger charge is -2.40. The molecule has 2 aromatic rings. The van der Waals surface area contributed by atoms with E-state index in [9.17, 15) is 24.0 Å². The molecule has 0 spiro atoms. The number of piperazine rings is 1. The second kappa shape index (κ2) is 13.6. The van der Waals surface area contributed by atoms with Gasteiger partial charge in [-0.3, -0.25) is 29.4 Å². The van der Waals surface area contributed by atoms with Crippen molar-refractivity contribution in [2.24, 2.45) is 11.1 Å². The number of nitrogens with two attached hydrogens (primary N) is 1. The van der Waals surface area contributed by atoms with Crippen LogP contribution >= 0.6 is 0 Å². The predicted octanol–water partition coefficient (Wildman–Crippen LogP) is 1.07. The third-order valence-corrected chi connectivity index (χ3v) is 6.38. The number of hydrogen-bond donors (Lipinski definition) is 3. The Morgan fingerprint density at radius 2 is 1.61 bits per heavy atom. The first-order valence-corrected chi connectivity index (χ1v) is 13.0. The van der Waals surface area contributed by atoms with E-state index in [2.05, 4.69) is 5.32 Å². The van der Waals surface area contributed by atoms with Crippen LogP contribution in [-0.4, -0.2) is 84.3 Å². The maximum atomic E-state index is 13.5. The van der Waals surface area contributed by atoms with E-state index in [1.54, 1.807) is 20.8 Å². The number of nitrogens with one attached hydrogen (secondary N) is 2. The van der Waals surface area contributed by atoms with E-state index >= 15 is 0 Å². The zero-order valence-corrected chi connectivity index (χ0v) is 23.3. The molecule has 12 heteroatoms. The van der Waals surface area contributed by atoms with Gasteiger partial charge in [0, 0.05) is 30.6 Å². The Labute approximate surface area is 238 Å². The zero-order chi connectivity index (χ0) is 30.2. The molecule has 2 aromatic carbocycles. The number of carbonyl (C=O) groups excluding carboxylic acids is 5. The highest BCUT2D eigenvalue weighted by molar-refractivity contribution is 5.99. The van der Waals surface area contributed by atoms with Crippen LogP contribution in [0, 0.1) is 10.8 Å². The van der Waals surface area contributed by atoms with Gasteiger partial charge in [0.25, 0.3) is 5.91 Å². The Hall–Kier alpha value is -4.74. The van der Waals surface area contributed by atoms with Crippen molar-refractivity contribution >= 4 is 35.5 Å². The fourth-order valence-corrected chi connectivity index (χ4v) is 4.06. The molecule has 1 saturated heterocycles. The van der Waals surface area contributed by atoms with Gasteiger partial charge in [-0.25, -0.2) is 0 Å². The second-order valence-corrected chi connectivity index (χ2v) is 10.5. The summed E-state index contributed by atoms with van der Waals surface area (Å²) in [5.74, 6) is -2.80. The van der Waals surface area contributed by atoms with E-state index in [-0.39, 0.29) is 44.0 Å². The molecule has 1 fully saturated rings. The fraction of sp³-hybridized carbons (Fsp3) is 0.379. The van der Waals surface area contributed by atoms with Crippen molar-refractivity contribution in [3.63, 3.8) is 0 Å². The van der Waals surface area contributed by atoms with Crippen LogP contribution in [0.1, 0.15) is 42.3 Å². The van der Waals surface area contributed by atoms with Crippen LogP contribution in [0.15, 0.2) is 54.6 Å². The maximum Gasteiger partial charge on any atom is 0.328 e. The van der Waals surface area contributed by atoms with Crippen molar-refractivity contribution in [1.82, 2.24) is 15.1 Å². The number of nitrogen functional groups attached to an aromatic ring is 1. The van der Waals surface area contributed by atoms with Crippen molar-refractivity contribution in [3.8, 4) is 0 Å². The van der Waals surface area contributed by atoms with Crippen LogP contribution in [0.5, 0.6) is 0 Å². The molecule has 1 heterocycles. The van der Waals surface area contributed by atoms with Crippen molar-refractivity contribution < 1.29 is 33.4 Å². The number of ether oxygens (including phenoxy) is 2. The van der Waals surface area contributed by atoms with E-state index in [0.717, 1.165) is 5.56 Å². The first kappa shape index (κ1) is 30.8. The highest BCUT2D eigenvalue weighted by Crippen LogP contribution is 2.18. The Morgan fingerprint density at radius 1 is 0.976 bits per heavy atom. The van der Waals surface area contributed by atoms with Crippen LogP contribution in [-0.2, 0) is 35.1 Å². The summed E-state index contributed by atoms with van der Waals surface area (Å²) in [6.07, 6.45) is 0.209. The number of carbonyl (C=O) groups is 5. The minimum Gasteiger partial charge on any atom is -0.427 e. The number of amidine groups is 1. The highest BCUT2D eigenvalue weighted by atomic mass is 16.7. The molecule has 1 unspecified atom stereocenters. The van der Waals surface area contributed by atoms with E-state index in [0.29, 0.717) is 5.56 Å². The van der Waals surface area contributed by atoms with Crippen LogP contribution in [0.4, 0.5) is 0 Å². The Balaban J connectivity index is 1.63. The van der Waals surface area contributed by atoms with Crippen molar-refractivity contribution in [1.29, 1.82) is 5.41 Å². The fourth-order valence-electron chi connectivity index (χ4n) is 4.06. The smallest absolute Gasteiger partial charge is 0.328 e. The lowest BCUT2D eigenvalue weighted by atomic mass is 9.98. The lowest BCUT2D eigenvalue weighted by Crippen LogP contribution is -2.61. The predicted molar refractivity (Wildman–Crippen MR) is 149 cm³/mol. The zero-order valence-electron chi connectivity index (χ0n) is 23.3. The topological polar surface area (TPSA) is 172 Å². The third kappa shape index (κ3) is 8.62. The van der Waals surface area contributed by atoms with Gasteiger partial charge in [-0.2, -0.15) is 0 Å². The van der Waals surface area contributed by atoms with Gasteiger partial charge in [0.05, 0.1) is 12.0 Å². The highest BCUT2D eigenvalue weighted by Gasteiger charge is 2.38. The van der Waals surface area contributed by atoms with Gasteiger partial charge in [-0.05, 0) is 38.5 Å². The number of rotatable bonds is 10. The molecule has 3 rings (SSSR count). The van der Waals surface area contributed by atoms with E-state index < -0.39 is 47.9 Å². The Morgan fingerprint density at radius 3 is 2.22 bits per heavy atom. The number of esters is 2. The van der Waals surface area contributed by atoms with Crippen molar-refractivity contribution in [3.05, 3.63) is 71.3 Å². The van der Waals surface area contributed by atoms with Gasteiger partial charge >= 0.3 is 11.9 Å². The number of nitrogens with zero attached hydrogens (tertiary/aromatic N) is 2. The first-order valence-electron chi connectivity index (χ1n) is 13.0. The summed E-state index contributed by atoms with van der Waals surface area (Å²) in [5.41, 5.74) is 6.26. The summed E-state index contributed by atoms with van der Waals surface area (Å²) in [6, 6.07) is 14.3. The van der Waals surface area contributed by atoms with Gasteiger partial charge in [-0.1, -0.05) is 42.5 Å². The molecular weight excluding hydrogens is 530 g/mol. The van der Waals surface area contributed by atoms with Crippen molar-refractivity contribution in [2.45, 2.75) is 33.2 Å². The van der Waals surface area contributed by atoms with Crippen molar-refractivity contribution in [2.75, 3.05) is 33.0 Å². The summed E-state index contributed by atoms with van der Waals surface area (Å²) in [4.78, 5) is 66.2. The molecule has 1 atom stereocenters. The summed E-state index contributed by atoms with van der Waals surface area (Å²) in [6.45, 7) is 3.95. The average molecular weight is 566 g/mol. The van der Waals surface area contributed by atoms with Crippen LogP contribution in [0.3, 0.4) is 0 Å². The molecule has 0 radical (unpaired) electrons. The summed E-state index contributed by atoms with van der Waals surface area (Å²) >= 11 is 0. The second-order valence-electron chi connectivity index (χ2n) is 10.5.